The number of alkyl halides is 2. The molecule has 0 bridgehead atoms. The average molecular weight is 484 g/mol. The van der Waals surface area contributed by atoms with Crippen molar-refractivity contribution >= 4 is 5.82 Å². The first-order valence-corrected chi connectivity index (χ1v) is 11.2. The molecule has 1 atom stereocenters. The Morgan fingerprint density at radius 3 is 2.63 bits per heavy atom. The Kier molecular flexibility index (Phi) is 4.70. The standard InChI is InChI=1S/C23H20F4N8/c1-3-17-21-32-31-12(2)34(21)18-11-29-22(30-20(18)35(17)14-9-23(26,27)10-14)33-7-6-28-19(33)15-5-4-13(24)8-16(15)25/h4-8,11,14,17H,3,9-10H2,1-2H3/t17-/m1/s1. The Hall–Kier alpha value is -3.83. The predicted molar refractivity (Wildman–Crippen MR) is 118 cm³/mol. The molecule has 0 amide bonds. The molecule has 0 saturated heterocycles. The number of fused-ring (bicyclic) bond motifs is 3. The molecular weight excluding hydrogens is 464 g/mol. The number of hydrogen-bond acceptors (Lipinski definition) is 6. The van der Waals surface area contributed by atoms with E-state index in [1.807, 2.05) is 16.4 Å². The lowest BCUT2D eigenvalue weighted by atomic mass is 9.85. The molecular formula is C23H20F4N8. The minimum Gasteiger partial charge on any atom is -0.341 e. The molecule has 1 aliphatic heterocycles. The van der Waals surface area contributed by atoms with Gasteiger partial charge in [-0.05, 0) is 25.5 Å². The summed E-state index contributed by atoms with van der Waals surface area (Å²) in [7, 11) is 0. The van der Waals surface area contributed by atoms with E-state index >= 15 is 0 Å². The van der Waals surface area contributed by atoms with Gasteiger partial charge in [0.2, 0.25) is 5.95 Å². The van der Waals surface area contributed by atoms with Crippen molar-refractivity contribution in [2.24, 2.45) is 0 Å². The van der Waals surface area contributed by atoms with E-state index in [2.05, 4.69) is 20.2 Å². The Morgan fingerprint density at radius 1 is 1.11 bits per heavy atom. The van der Waals surface area contributed by atoms with Gasteiger partial charge < -0.3 is 4.90 Å². The summed E-state index contributed by atoms with van der Waals surface area (Å²) in [6.07, 6.45) is 4.65. The first-order valence-electron chi connectivity index (χ1n) is 11.2. The first-order chi connectivity index (χ1) is 16.8. The van der Waals surface area contributed by atoms with Gasteiger partial charge in [0.1, 0.15) is 29.0 Å². The van der Waals surface area contributed by atoms with Crippen molar-refractivity contribution < 1.29 is 17.6 Å². The summed E-state index contributed by atoms with van der Waals surface area (Å²) in [6, 6.07) is 2.49. The van der Waals surface area contributed by atoms with Gasteiger partial charge in [-0.3, -0.25) is 9.13 Å². The molecule has 1 saturated carbocycles. The number of anilines is 1. The summed E-state index contributed by atoms with van der Waals surface area (Å²) in [5.41, 5.74) is 0.664. The Balaban J connectivity index is 1.51. The van der Waals surface area contributed by atoms with Crippen LogP contribution in [0.4, 0.5) is 23.4 Å². The second kappa shape index (κ2) is 7.59. The fraction of sp³-hybridized carbons (Fsp3) is 0.348. The largest absolute Gasteiger partial charge is 0.341 e. The SMILES string of the molecule is CC[C@@H]1c2nnc(C)n2-c2cnc(-n3ccnc3-c3ccc(F)cc3F)nc2N1C1CC(F)(F)C1. The minimum atomic E-state index is -2.72. The number of nitrogens with zero attached hydrogens (tertiary/aromatic N) is 8. The van der Waals surface area contributed by atoms with Crippen LogP contribution in [0.15, 0.2) is 36.8 Å². The van der Waals surface area contributed by atoms with Gasteiger partial charge in [-0.15, -0.1) is 10.2 Å². The Labute approximate surface area is 197 Å². The van der Waals surface area contributed by atoms with Crippen molar-refractivity contribution in [3.63, 3.8) is 0 Å². The molecule has 4 heterocycles. The van der Waals surface area contributed by atoms with Crippen LogP contribution in [0.25, 0.3) is 23.0 Å². The van der Waals surface area contributed by atoms with E-state index in [-0.39, 0.29) is 36.2 Å². The van der Waals surface area contributed by atoms with Gasteiger partial charge in [0, 0.05) is 37.3 Å². The van der Waals surface area contributed by atoms with Crippen LogP contribution in [0.5, 0.6) is 0 Å². The number of benzene rings is 1. The lowest BCUT2D eigenvalue weighted by Crippen LogP contribution is -2.54. The van der Waals surface area contributed by atoms with Crippen LogP contribution in [-0.2, 0) is 0 Å². The molecule has 180 valence electrons. The summed E-state index contributed by atoms with van der Waals surface area (Å²) < 4.78 is 59.1. The molecule has 12 heteroatoms. The number of hydrogen-bond donors (Lipinski definition) is 0. The van der Waals surface area contributed by atoms with Gasteiger partial charge in [0.15, 0.2) is 11.6 Å². The topological polar surface area (TPSA) is 77.5 Å². The lowest BCUT2D eigenvalue weighted by Gasteiger charge is -2.48. The Morgan fingerprint density at radius 2 is 1.91 bits per heavy atom. The zero-order valence-corrected chi connectivity index (χ0v) is 18.8. The fourth-order valence-corrected chi connectivity index (χ4v) is 4.95. The highest BCUT2D eigenvalue weighted by Gasteiger charge is 2.52. The van der Waals surface area contributed by atoms with Gasteiger partial charge in [-0.25, -0.2) is 27.5 Å². The van der Waals surface area contributed by atoms with E-state index in [1.54, 1.807) is 19.3 Å². The molecule has 1 fully saturated rings. The maximum atomic E-state index is 14.5. The third-order valence-electron chi connectivity index (χ3n) is 6.58. The number of imidazole rings is 1. The second-order valence-electron chi connectivity index (χ2n) is 8.81. The zero-order valence-electron chi connectivity index (χ0n) is 18.8. The quantitative estimate of drug-likeness (QED) is 0.395. The van der Waals surface area contributed by atoms with E-state index in [0.29, 0.717) is 29.6 Å². The summed E-state index contributed by atoms with van der Waals surface area (Å²) in [5.74, 6) is -2.08. The molecule has 35 heavy (non-hydrogen) atoms. The van der Waals surface area contributed by atoms with Crippen molar-refractivity contribution in [3.8, 4) is 23.0 Å². The molecule has 0 spiro atoms. The van der Waals surface area contributed by atoms with Gasteiger partial charge in [0.05, 0.1) is 17.8 Å². The van der Waals surface area contributed by atoms with Gasteiger partial charge in [-0.2, -0.15) is 4.98 Å². The number of aromatic nitrogens is 7. The number of aryl methyl sites for hydroxylation is 1. The summed E-state index contributed by atoms with van der Waals surface area (Å²) >= 11 is 0. The average Bonchev–Trinajstić information content (AvgIpc) is 3.43. The molecule has 0 unspecified atom stereocenters. The van der Waals surface area contributed by atoms with Gasteiger partial charge >= 0.3 is 0 Å². The summed E-state index contributed by atoms with van der Waals surface area (Å²) in [6.45, 7) is 3.76. The van der Waals surface area contributed by atoms with Crippen LogP contribution in [0.2, 0.25) is 0 Å². The van der Waals surface area contributed by atoms with Crippen molar-refractivity contribution in [1.82, 2.24) is 34.3 Å². The molecule has 1 aromatic carbocycles. The molecule has 2 aliphatic rings. The molecule has 8 nitrogen and oxygen atoms in total. The second-order valence-corrected chi connectivity index (χ2v) is 8.81. The van der Waals surface area contributed by atoms with Crippen LogP contribution < -0.4 is 4.90 Å². The lowest BCUT2D eigenvalue weighted by molar-refractivity contribution is -0.0878. The molecule has 1 aliphatic carbocycles. The normalized spacial score (nSPS) is 18.8. The van der Waals surface area contributed by atoms with E-state index in [1.165, 1.54) is 16.8 Å². The van der Waals surface area contributed by atoms with Crippen molar-refractivity contribution in [3.05, 3.63) is 60.1 Å². The van der Waals surface area contributed by atoms with Crippen LogP contribution in [-0.4, -0.2) is 46.2 Å². The van der Waals surface area contributed by atoms with Crippen LogP contribution in [0.1, 0.15) is 43.9 Å². The predicted octanol–water partition coefficient (Wildman–Crippen LogP) is 4.57. The van der Waals surface area contributed by atoms with E-state index < -0.39 is 23.6 Å². The number of halogens is 4. The highest BCUT2D eigenvalue weighted by molar-refractivity contribution is 5.65. The molecule has 4 aromatic rings. The first kappa shape index (κ1) is 21.7. The van der Waals surface area contributed by atoms with Crippen molar-refractivity contribution in [2.45, 2.75) is 51.1 Å². The monoisotopic (exact) mass is 484 g/mol. The number of rotatable bonds is 4. The minimum absolute atomic E-state index is 0.0802. The maximum absolute atomic E-state index is 14.5. The van der Waals surface area contributed by atoms with E-state index in [9.17, 15) is 17.6 Å². The highest BCUT2D eigenvalue weighted by Crippen LogP contribution is 2.48. The van der Waals surface area contributed by atoms with Crippen molar-refractivity contribution in [2.75, 3.05) is 4.90 Å². The van der Waals surface area contributed by atoms with E-state index in [0.717, 1.165) is 12.1 Å². The Bertz CT molecular complexity index is 1440. The third-order valence-corrected chi connectivity index (χ3v) is 6.58. The molecule has 0 radical (unpaired) electrons. The molecule has 3 aromatic heterocycles. The van der Waals surface area contributed by atoms with Gasteiger partial charge in [-0.1, -0.05) is 6.92 Å². The van der Waals surface area contributed by atoms with Crippen molar-refractivity contribution in [1.29, 1.82) is 0 Å². The molecule has 0 N–H and O–H groups in total. The van der Waals surface area contributed by atoms with Crippen LogP contribution in [0, 0.1) is 18.6 Å². The fourth-order valence-electron chi connectivity index (χ4n) is 4.95. The summed E-state index contributed by atoms with van der Waals surface area (Å²) in [4.78, 5) is 15.3. The van der Waals surface area contributed by atoms with Gasteiger partial charge in [0.25, 0.3) is 5.92 Å². The zero-order chi connectivity index (χ0) is 24.5. The highest BCUT2D eigenvalue weighted by atomic mass is 19.3. The van der Waals surface area contributed by atoms with E-state index in [4.69, 9.17) is 4.98 Å². The maximum Gasteiger partial charge on any atom is 0.252 e. The van der Waals surface area contributed by atoms with Crippen LogP contribution in [0.3, 0.4) is 0 Å². The third kappa shape index (κ3) is 3.30. The van der Waals surface area contributed by atoms with Crippen LogP contribution >= 0.6 is 0 Å². The summed E-state index contributed by atoms with van der Waals surface area (Å²) in [5, 5.41) is 8.52. The molecule has 6 rings (SSSR count). The smallest absolute Gasteiger partial charge is 0.252 e.